The summed E-state index contributed by atoms with van der Waals surface area (Å²) in [4.78, 5) is 2.24. The molecule has 1 aliphatic rings. The predicted octanol–water partition coefficient (Wildman–Crippen LogP) is 2.40. The number of likely N-dealkylation sites (tertiary alicyclic amines) is 1. The highest BCUT2D eigenvalue weighted by Crippen LogP contribution is 2.23. The molecule has 2 N–H and O–H groups in total. The molecule has 0 radical (unpaired) electrons. The molecule has 2 aromatic carbocycles. The van der Waals surface area contributed by atoms with Gasteiger partial charge < -0.3 is 10.2 Å². The average Bonchev–Trinajstić information content (AvgIpc) is 2.64. The second-order valence-corrected chi connectivity index (χ2v) is 9.53. The molecule has 2 aromatic rings. The Hall–Kier alpha value is -1.89. The van der Waals surface area contributed by atoms with E-state index in [0.29, 0.717) is 13.1 Å². The van der Waals surface area contributed by atoms with Crippen LogP contribution in [0.4, 0.5) is 0 Å². The molecule has 0 spiro atoms. The molecular weight excluding hydrogens is 362 g/mol. The maximum Gasteiger partial charge on any atom is 0.179 e. The number of hydrogen-bond donors (Lipinski definition) is 2. The fourth-order valence-electron chi connectivity index (χ4n) is 3.53. The Labute approximate surface area is 161 Å². The standard InChI is InChI=1S/C21H27NO4S/c1-16-2-4-17(5-3-16)14-18-10-11-22(15-21(18)24)12-13-27(25,26)20-8-6-19(23)7-9-20/h2-9,18,21,23-24H,10-15H2,1H3/t18-,21-/m1/s1. The van der Waals surface area contributed by atoms with Gasteiger partial charge in [0.25, 0.3) is 0 Å². The molecular formula is C21H27NO4S. The normalized spacial score (nSPS) is 21.3. The molecule has 0 bridgehead atoms. The summed E-state index contributed by atoms with van der Waals surface area (Å²) in [5, 5.41) is 19.8. The number of β-amino-alcohol motifs (C(OH)–C–C–N with tert-alkyl or cyclic N) is 1. The lowest BCUT2D eigenvalue weighted by atomic mass is 9.87. The van der Waals surface area contributed by atoms with Crippen molar-refractivity contribution >= 4 is 9.84 Å². The minimum atomic E-state index is -3.39. The molecule has 6 heteroatoms. The number of piperidine rings is 1. The average molecular weight is 390 g/mol. The summed E-state index contributed by atoms with van der Waals surface area (Å²) in [6.07, 6.45) is 1.26. The number of aromatic hydroxyl groups is 1. The van der Waals surface area contributed by atoms with Crippen LogP contribution in [0.2, 0.25) is 0 Å². The van der Waals surface area contributed by atoms with Gasteiger partial charge in [-0.05, 0) is 62.1 Å². The number of sulfone groups is 1. The first-order valence-corrected chi connectivity index (χ1v) is 11.0. The lowest BCUT2D eigenvalue weighted by Crippen LogP contribution is -2.46. The van der Waals surface area contributed by atoms with E-state index in [1.54, 1.807) is 0 Å². The molecule has 0 aromatic heterocycles. The smallest absolute Gasteiger partial charge is 0.179 e. The van der Waals surface area contributed by atoms with E-state index in [9.17, 15) is 18.6 Å². The van der Waals surface area contributed by atoms with Crippen molar-refractivity contribution in [3.8, 4) is 5.75 Å². The van der Waals surface area contributed by atoms with Crippen LogP contribution in [0, 0.1) is 12.8 Å². The van der Waals surface area contributed by atoms with E-state index in [1.165, 1.54) is 35.4 Å². The Bertz CT molecular complexity index is 847. The van der Waals surface area contributed by atoms with E-state index in [0.717, 1.165) is 19.4 Å². The van der Waals surface area contributed by atoms with Gasteiger partial charge in [0.2, 0.25) is 0 Å². The van der Waals surface area contributed by atoms with E-state index in [1.807, 2.05) is 4.90 Å². The van der Waals surface area contributed by atoms with Crippen molar-refractivity contribution in [1.82, 2.24) is 4.90 Å². The summed E-state index contributed by atoms with van der Waals surface area (Å²) in [6, 6.07) is 14.0. The van der Waals surface area contributed by atoms with Crippen molar-refractivity contribution in [2.75, 3.05) is 25.4 Å². The first-order chi connectivity index (χ1) is 12.8. The maximum absolute atomic E-state index is 12.4. The van der Waals surface area contributed by atoms with Crippen molar-refractivity contribution in [2.45, 2.75) is 30.8 Å². The third kappa shape index (κ3) is 5.31. The van der Waals surface area contributed by atoms with Gasteiger partial charge in [-0.1, -0.05) is 29.8 Å². The number of aliphatic hydroxyl groups excluding tert-OH is 1. The second kappa shape index (κ2) is 8.42. The first-order valence-electron chi connectivity index (χ1n) is 9.31. The fraction of sp³-hybridized carbons (Fsp3) is 0.429. The zero-order chi connectivity index (χ0) is 19.4. The van der Waals surface area contributed by atoms with Gasteiger partial charge in [0, 0.05) is 13.1 Å². The van der Waals surface area contributed by atoms with Crippen molar-refractivity contribution in [3.05, 3.63) is 59.7 Å². The molecule has 146 valence electrons. The molecule has 27 heavy (non-hydrogen) atoms. The molecule has 0 amide bonds. The van der Waals surface area contributed by atoms with Crippen molar-refractivity contribution in [1.29, 1.82) is 0 Å². The summed E-state index contributed by atoms with van der Waals surface area (Å²) in [5.41, 5.74) is 2.46. The second-order valence-electron chi connectivity index (χ2n) is 7.42. The van der Waals surface area contributed by atoms with Crippen LogP contribution in [0.3, 0.4) is 0 Å². The lowest BCUT2D eigenvalue weighted by Gasteiger charge is -2.36. The summed E-state index contributed by atoms with van der Waals surface area (Å²) < 4.78 is 24.9. The molecule has 1 heterocycles. The molecule has 5 nitrogen and oxygen atoms in total. The SMILES string of the molecule is Cc1ccc(C[C@H]2CCN(CCS(=O)(=O)c3ccc(O)cc3)C[C@H]2O)cc1. The molecule has 1 aliphatic heterocycles. The number of nitrogens with zero attached hydrogens (tertiary/aromatic N) is 1. The number of phenols is 1. The molecule has 0 aliphatic carbocycles. The Morgan fingerprint density at radius 1 is 1.07 bits per heavy atom. The van der Waals surface area contributed by atoms with Crippen LogP contribution in [0.1, 0.15) is 17.5 Å². The van der Waals surface area contributed by atoms with Gasteiger partial charge >= 0.3 is 0 Å². The predicted molar refractivity (Wildman–Crippen MR) is 106 cm³/mol. The van der Waals surface area contributed by atoms with E-state index >= 15 is 0 Å². The minimum Gasteiger partial charge on any atom is -0.508 e. The number of aryl methyl sites for hydroxylation is 1. The van der Waals surface area contributed by atoms with Gasteiger partial charge in [-0.25, -0.2) is 8.42 Å². The Balaban J connectivity index is 1.52. The van der Waals surface area contributed by atoms with Crippen molar-refractivity contribution in [3.63, 3.8) is 0 Å². The molecule has 2 atom stereocenters. The third-order valence-electron chi connectivity index (χ3n) is 5.30. The van der Waals surface area contributed by atoms with E-state index in [4.69, 9.17) is 0 Å². The zero-order valence-corrected chi connectivity index (χ0v) is 16.4. The first kappa shape index (κ1) is 19.9. The topological polar surface area (TPSA) is 77.8 Å². The van der Waals surface area contributed by atoms with E-state index < -0.39 is 15.9 Å². The summed E-state index contributed by atoms with van der Waals surface area (Å²) in [7, 11) is -3.39. The van der Waals surface area contributed by atoms with Crippen molar-refractivity contribution < 1.29 is 18.6 Å². The molecule has 0 unspecified atom stereocenters. The summed E-state index contributed by atoms with van der Waals surface area (Å²) in [5.74, 6) is 0.262. The Kier molecular flexibility index (Phi) is 6.19. The summed E-state index contributed by atoms with van der Waals surface area (Å²) in [6.45, 7) is 3.75. The highest BCUT2D eigenvalue weighted by molar-refractivity contribution is 7.91. The van der Waals surface area contributed by atoms with Crippen LogP contribution in [0.5, 0.6) is 5.75 Å². The van der Waals surface area contributed by atoms with E-state index in [2.05, 4.69) is 31.2 Å². The monoisotopic (exact) mass is 389 g/mol. The van der Waals surface area contributed by atoms with Crippen LogP contribution >= 0.6 is 0 Å². The minimum absolute atomic E-state index is 0.00707. The largest absolute Gasteiger partial charge is 0.508 e. The number of phenolic OH excluding ortho intramolecular Hbond substituents is 1. The Morgan fingerprint density at radius 3 is 2.37 bits per heavy atom. The third-order valence-corrected chi connectivity index (χ3v) is 7.01. The molecule has 1 saturated heterocycles. The van der Waals surface area contributed by atoms with Crippen LogP contribution in [-0.2, 0) is 16.3 Å². The number of hydrogen-bond acceptors (Lipinski definition) is 5. The fourth-order valence-corrected chi connectivity index (χ4v) is 4.82. The molecule has 0 saturated carbocycles. The van der Waals surface area contributed by atoms with Gasteiger partial charge in [0.1, 0.15) is 5.75 Å². The van der Waals surface area contributed by atoms with Gasteiger partial charge in [-0.15, -0.1) is 0 Å². The highest BCUT2D eigenvalue weighted by Gasteiger charge is 2.28. The lowest BCUT2D eigenvalue weighted by molar-refractivity contribution is 0.0245. The van der Waals surface area contributed by atoms with Crippen LogP contribution < -0.4 is 0 Å². The van der Waals surface area contributed by atoms with Gasteiger partial charge in [0.05, 0.1) is 16.8 Å². The molecule has 1 fully saturated rings. The zero-order valence-electron chi connectivity index (χ0n) is 15.6. The van der Waals surface area contributed by atoms with Gasteiger partial charge in [-0.2, -0.15) is 0 Å². The van der Waals surface area contributed by atoms with Crippen LogP contribution in [-0.4, -0.2) is 55.0 Å². The number of aliphatic hydroxyl groups is 1. The van der Waals surface area contributed by atoms with Crippen LogP contribution in [0.25, 0.3) is 0 Å². The van der Waals surface area contributed by atoms with Gasteiger partial charge in [-0.3, -0.25) is 4.90 Å². The highest BCUT2D eigenvalue weighted by atomic mass is 32.2. The molecule has 3 rings (SSSR count). The number of rotatable bonds is 6. The summed E-state index contributed by atoms with van der Waals surface area (Å²) >= 11 is 0. The van der Waals surface area contributed by atoms with Crippen LogP contribution in [0.15, 0.2) is 53.4 Å². The van der Waals surface area contributed by atoms with E-state index in [-0.39, 0.29) is 22.3 Å². The Morgan fingerprint density at radius 2 is 1.74 bits per heavy atom. The number of benzene rings is 2. The maximum atomic E-state index is 12.4. The van der Waals surface area contributed by atoms with Crippen molar-refractivity contribution in [2.24, 2.45) is 5.92 Å². The van der Waals surface area contributed by atoms with Gasteiger partial charge in [0.15, 0.2) is 9.84 Å². The quantitative estimate of drug-likeness (QED) is 0.793.